The van der Waals surface area contributed by atoms with Crippen molar-refractivity contribution >= 4 is 0 Å². The van der Waals surface area contributed by atoms with Gasteiger partial charge in [0.05, 0.1) is 0 Å². The predicted molar refractivity (Wildman–Crippen MR) is 81.0 cm³/mol. The Morgan fingerprint density at radius 2 is 1.75 bits per heavy atom. The highest BCUT2D eigenvalue weighted by Gasteiger charge is 2.11. The van der Waals surface area contributed by atoms with Crippen molar-refractivity contribution in [1.29, 1.82) is 0 Å². The van der Waals surface area contributed by atoms with Crippen LogP contribution in [0, 0.1) is 0 Å². The van der Waals surface area contributed by atoms with Crippen LogP contribution in [0.1, 0.15) is 29.2 Å². The molecule has 0 saturated heterocycles. The smallest absolute Gasteiger partial charge is 0.0271 e. The van der Waals surface area contributed by atoms with Crippen molar-refractivity contribution in [2.24, 2.45) is 0 Å². The maximum absolute atomic E-state index is 4.08. The van der Waals surface area contributed by atoms with E-state index < -0.39 is 0 Å². The molecule has 0 saturated carbocycles. The normalized spacial score (nSPS) is 13.7. The van der Waals surface area contributed by atoms with Gasteiger partial charge in [-0.2, -0.15) is 0 Å². The highest BCUT2D eigenvalue weighted by atomic mass is 15.1. The van der Waals surface area contributed by atoms with Gasteiger partial charge in [0.1, 0.15) is 0 Å². The zero-order chi connectivity index (χ0) is 13.8. The first kappa shape index (κ1) is 13.3. The van der Waals surface area contributed by atoms with Gasteiger partial charge in [-0.15, -0.1) is 0 Å². The summed E-state index contributed by atoms with van der Waals surface area (Å²) in [7, 11) is 0. The van der Waals surface area contributed by atoms with Crippen LogP contribution in [0.25, 0.3) is 0 Å². The Morgan fingerprint density at radius 3 is 2.55 bits per heavy atom. The fourth-order valence-electron chi connectivity index (χ4n) is 2.73. The minimum Gasteiger partial charge on any atom is -0.309 e. The molecule has 0 amide bonds. The Balaban J connectivity index is 1.68. The number of hydrogen-bond donors (Lipinski definition) is 1. The lowest BCUT2D eigenvalue weighted by Gasteiger charge is -2.21. The zero-order valence-electron chi connectivity index (χ0n) is 12.0. The van der Waals surface area contributed by atoms with Crippen molar-refractivity contribution in [3.8, 4) is 0 Å². The Morgan fingerprint density at radius 1 is 1.00 bits per heavy atom. The topological polar surface area (TPSA) is 28.2 Å². The van der Waals surface area contributed by atoms with Crippen molar-refractivity contribution < 1.29 is 0 Å². The Labute approximate surface area is 120 Å². The molecule has 3 nitrogen and oxygen atoms in total. The quantitative estimate of drug-likeness (QED) is 0.903. The molecule has 3 heteroatoms. The van der Waals surface area contributed by atoms with Gasteiger partial charge >= 0.3 is 0 Å². The van der Waals surface area contributed by atoms with E-state index in [1.165, 1.54) is 22.3 Å². The van der Waals surface area contributed by atoms with Gasteiger partial charge in [0, 0.05) is 38.6 Å². The van der Waals surface area contributed by atoms with Crippen LogP contribution in [0.15, 0.2) is 42.7 Å². The van der Waals surface area contributed by atoms with Crippen molar-refractivity contribution in [2.45, 2.75) is 33.1 Å². The zero-order valence-corrected chi connectivity index (χ0v) is 12.0. The summed E-state index contributed by atoms with van der Waals surface area (Å²) in [6, 6.07) is 11.1. The summed E-state index contributed by atoms with van der Waals surface area (Å²) < 4.78 is 0. The van der Waals surface area contributed by atoms with Gasteiger partial charge in [0.2, 0.25) is 0 Å². The first-order chi connectivity index (χ1) is 9.85. The van der Waals surface area contributed by atoms with E-state index in [1.807, 2.05) is 12.4 Å². The van der Waals surface area contributed by atoms with E-state index in [9.17, 15) is 0 Å². The molecule has 1 N–H and O–H groups in total. The number of fused-ring (bicyclic) bond motifs is 1. The maximum atomic E-state index is 4.08. The minimum atomic E-state index is 0.981. The molecule has 104 valence electrons. The molecule has 0 unspecified atom stereocenters. The number of aromatic nitrogens is 1. The highest BCUT2D eigenvalue weighted by Crippen LogP contribution is 2.18. The van der Waals surface area contributed by atoms with E-state index in [2.05, 4.69) is 52.5 Å². The van der Waals surface area contributed by atoms with Crippen molar-refractivity contribution in [1.82, 2.24) is 15.2 Å². The summed E-state index contributed by atoms with van der Waals surface area (Å²) in [5, 5.41) is 3.40. The molecule has 1 aromatic carbocycles. The Hall–Kier alpha value is -1.71. The molecule has 2 heterocycles. The lowest BCUT2D eigenvalue weighted by Crippen LogP contribution is -2.22. The second-order valence-corrected chi connectivity index (χ2v) is 5.37. The Kier molecular flexibility index (Phi) is 4.09. The second kappa shape index (κ2) is 6.16. The SMILES string of the molecule is CCN(Cc1ccncc1)Cc1ccc2c(c1)CNC2. The van der Waals surface area contributed by atoms with Crippen LogP contribution in [0.4, 0.5) is 0 Å². The van der Waals surface area contributed by atoms with Crippen LogP contribution in [-0.4, -0.2) is 16.4 Å². The van der Waals surface area contributed by atoms with Crippen LogP contribution < -0.4 is 5.32 Å². The molecule has 0 aliphatic carbocycles. The van der Waals surface area contributed by atoms with E-state index in [4.69, 9.17) is 0 Å². The van der Waals surface area contributed by atoms with E-state index in [0.29, 0.717) is 0 Å². The van der Waals surface area contributed by atoms with Crippen molar-refractivity contribution in [3.05, 3.63) is 65.0 Å². The van der Waals surface area contributed by atoms with Gasteiger partial charge in [-0.3, -0.25) is 9.88 Å². The third-order valence-electron chi connectivity index (χ3n) is 3.91. The molecule has 0 spiro atoms. The third-order valence-corrected chi connectivity index (χ3v) is 3.91. The molecule has 2 aromatic rings. The predicted octanol–water partition coefficient (Wildman–Crippen LogP) is 2.71. The molecule has 1 aliphatic rings. The largest absolute Gasteiger partial charge is 0.309 e. The van der Waals surface area contributed by atoms with Gasteiger partial charge in [-0.05, 0) is 40.9 Å². The van der Waals surface area contributed by atoms with Crippen LogP contribution in [0.2, 0.25) is 0 Å². The van der Waals surface area contributed by atoms with Crippen molar-refractivity contribution in [3.63, 3.8) is 0 Å². The summed E-state index contributed by atoms with van der Waals surface area (Å²) >= 11 is 0. The average molecular weight is 267 g/mol. The Bertz CT molecular complexity index is 566. The average Bonchev–Trinajstić information content (AvgIpc) is 2.95. The van der Waals surface area contributed by atoms with Gasteiger partial charge in [-0.25, -0.2) is 0 Å². The molecule has 3 rings (SSSR count). The third kappa shape index (κ3) is 3.06. The number of nitrogens with one attached hydrogen (secondary N) is 1. The second-order valence-electron chi connectivity index (χ2n) is 5.37. The standard InChI is InChI=1S/C17H21N3/c1-2-20(12-14-5-7-18-8-6-14)13-15-3-4-16-10-19-11-17(16)9-15/h3-9,19H,2,10-13H2,1H3. The summed E-state index contributed by atoms with van der Waals surface area (Å²) in [6.45, 7) is 7.29. The molecule has 0 radical (unpaired) electrons. The first-order valence-electron chi connectivity index (χ1n) is 7.28. The number of pyridine rings is 1. The van der Waals surface area contributed by atoms with Crippen LogP contribution >= 0.6 is 0 Å². The molecular weight excluding hydrogens is 246 g/mol. The van der Waals surface area contributed by atoms with Crippen LogP contribution in [-0.2, 0) is 26.2 Å². The number of rotatable bonds is 5. The molecular formula is C17H21N3. The fourth-order valence-corrected chi connectivity index (χ4v) is 2.73. The summed E-state index contributed by atoms with van der Waals surface area (Å²) in [6.07, 6.45) is 3.73. The lowest BCUT2D eigenvalue weighted by atomic mass is 10.1. The van der Waals surface area contributed by atoms with E-state index in [-0.39, 0.29) is 0 Å². The van der Waals surface area contributed by atoms with Crippen LogP contribution in [0.3, 0.4) is 0 Å². The molecule has 20 heavy (non-hydrogen) atoms. The summed E-state index contributed by atoms with van der Waals surface area (Å²) in [5.41, 5.74) is 5.64. The molecule has 0 fully saturated rings. The molecule has 0 atom stereocenters. The van der Waals surface area contributed by atoms with Gasteiger partial charge in [0.15, 0.2) is 0 Å². The maximum Gasteiger partial charge on any atom is 0.0271 e. The van der Waals surface area contributed by atoms with Gasteiger partial charge < -0.3 is 5.32 Å². The molecule has 1 aromatic heterocycles. The van der Waals surface area contributed by atoms with E-state index in [1.54, 1.807) is 0 Å². The van der Waals surface area contributed by atoms with Gasteiger partial charge in [0.25, 0.3) is 0 Å². The highest BCUT2D eigenvalue weighted by molar-refractivity contribution is 5.34. The first-order valence-corrected chi connectivity index (χ1v) is 7.28. The monoisotopic (exact) mass is 267 g/mol. The number of hydrogen-bond acceptors (Lipinski definition) is 3. The number of benzene rings is 1. The summed E-state index contributed by atoms with van der Waals surface area (Å²) in [5.74, 6) is 0. The van der Waals surface area contributed by atoms with Crippen molar-refractivity contribution in [2.75, 3.05) is 6.54 Å². The minimum absolute atomic E-state index is 0.981. The molecule has 0 bridgehead atoms. The van der Waals surface area contributed by atoms with Gasteiger partial charge in [-0.1, -0.05) is 25.1 Å². The number of nitrogens with zero attached hydrogens (tertiary/aromatic N) is 2. The van der Waals surface area contributed by atoms with E-state index >= 15 is 0 Å². The summed E-state index contributed by atoms with van der Waals surface area (Å²) in [4.78, 5) is 6.53. The fraction of sp³-hybridized carbons (Fsp3) is 0.353. The lowest BCUT2D eigenvalue weighted by molar-refractivity contribution is 0.271. The van der Waals surface area contributed by atoms with E-state index in [0.717, 1.165) is 32.7 Å². The van der Waals surface area contributed by atoms with Crippen LogP contribution in [0.5, 0.6) is 0 Å². The molecule has 1 aliphatic heterocycles.